The third kappa shape index (κ3) is 2.05. The highest BCUT2D eigenvalue weighted by atomic mass is 35.5. The molecule has 5 nitrogen and oxygen atoms in total. The highest BCUT2D eigenvalue weighted by Gasteiger charge is 2.23. The first-order valence-corrected chi connectivity index (χ1v) is 6.51. The molecule has 20 heavy (non-hydrogen) atoms. The van der Waals surface area contributed by atoms with Crippen LogP contribution in [0.5, 0.6) is 0 Å². The van der Waals surface area contributed by atoms with E-state index in [1.54, 1.807) is 29.1 Å². The molecule has 2 heterocycles. The molecule has 0 spiro atoms. The Morgan fingerprint density at radius 2 is 1.90 bits per heavy atom. The van der Waals surface area contributed by atoms with Crippen molar-refractivity contribution in [3.05, 3.63) is 40.8 Å². The van der Waals surface area contributed by atoms with Crippen LogP contribution in [0, 0.1) is 0 Å². The van der Waals surface area contributed by atoms with Gasteiger partial charge in [-0.15, -0.1) is 0 Å². The van der Waals surface area contributed by atoms with Crippen molar-refractivity contribution in [2.45, 2.75) is 0 Å². The molecule has 0 unspecified atom stereocenters. The molecule has 0 radical (unpaired) electrons. The number of halogens is 2. The molecule has 3 rings (SSSR count). The Kier molecular flexibility index (Phi) is 3.16. The topological polar surface area (TPSA) is 69.9 Å². The minimum atomic E-state index is 0.153. The molecule has 0 bridgehead atoms. The summed E-state index contributed by atoms with van der Waals surface area (Å²) in [6.07, 6.45) is 3.48. The van der Waals surface area contributed by atoms with Gasteiger partial charge in [-0.3, -0.25) is 0 Å². The molecule has 0 atom stereocenters. The van der Waals surface area contributed by atoms with E-state index in [9.17, 15) is 0 Å². The van der Waals surface area contributed by atoms with Crippen molar-refractivity contribution in [1.29, 1.82) is 0 Å². The van der Waals surface area contributed by atoms with Crippen molar-refractivity contribution >= 4 is 29.1 Å². The minimum Gasteiger partial charge on any atom is -0.367 e. The number of hydrogen-bond acceptors (Lipinski definition) is 4. The molecule has 102 valence electrons. The zero-order valence-electron chi connectivity index (χ0n) is 10.5. The maximum Gasteiger partial charge on any atom is 0.230 e. The summed E-state index contributed by atoms with van der Waals surface area (Å²) < 4.78 is 6.89. The molecule has 0 aliphatic rings. The second-order valence-electron chi connectivity index (χ2n) is 4.29. The van der Waals surface area contributed by atoms with E-state index in [1.165, 1.54) is 0 Å². The van der Waals surface area contributed by atoms with Crippen molar-refractivity contribution in [2.75, 3.05) is 5.73 Å². The van der Waals surface area contributed by atoms with Gasteiger partial charge in [0.15, 0.2) is 0 Å². The zero-order valence-corrected chi connectivity index (χ0v) is 12.0. The second kappa shape index (κ2) is 4.85. The van der Waals surface area contributed by atoms with E-state index in [0.717, 1.165) is 0 Å². The van der Waals surface area contributed by atoms with Gasteiger partial charge in [0.25, 0.3) is 0 Å². The van der Waals surface area contributed by atoms with E-state index in [4.69, 9.17) is 33.5 Å². The van der Waals surface area contributed by atoms with Crippen LogP contribution in [0.1, 0.15) is 0 Å². The number of nitrogens with zero attached hydrogens (tertiary/aromatic N) is 3. The number of anilines is 1. The molecular weight excluding hydrogens is 299 g/mol. The van der Waals surface area contributed by atoms with Crippen LogP contribution in [-0.4, -0.2) is 14.7 Å². The normalized spacial score (nSPS) is 10.9. The Hall–Kier alpha value is -1.98. The molecule has 2 N–H and O–H groups in total. The SMILES string of the molecule is Cn1cnc(-c2noc(N)c2-c2c(Cl)cccc2Cl)c1. The summed E-state index contributed by atoms with van der Waals surface area (Å²) in [5.74, 6) is 0.153. The number of aromatic nitrogens is 3. The van der Waals surface area contributed by atoms with Gasteiger partial charge in [0.2, 0.25) is 5.88 Å². The standard InChI is InChI=1S/C13H10Cl2N4O/c1-19-5-9(17-6-19)12-11(13(16)20-18-12)10-7(14)3-2-4-8(10)15/h2-6H,16H2,1H3. The number of aryl methyl sites for hydroxylation is 1. The van der Waals surface area contributed by atoms with Crippen LogP contribution in [0.25, 0.3) is 22.5 Å². The molecule has 1 aromatic carbocycles. The third-order valence-electron chi connectivity index (χ3n) is 2.88. The summed E-state index contributed by atoms with van der Waals surface area (Å²) in [5.41, 5.74) is 8.17. The van der Waals surface area contributed by atoms with E-state index >= 15 is 0 Å². The third-order valence-corrected chi connectivity index (χ3v) is 3.51. The second-order valence-corrected chi connectivity index (χ2v) is 5.11. The Morgan fingerprint density at radius 3 is 2.50 bits per heavy atom. The Balaban J connectivity index is 2.27. The van der Waals surface area contributed by atoms with Crippen LogP contribution in [0.2, 0.25) is 10.0 Å². The first-order valence-electron chi connectivity index (χ1n) is 5.76. The number of benzene rings is 1. The van der Waals surface area contributed by atoms with Gasteiger partial charge >= 0.3 is 0 Å². The van der Waals surface area contributed by atoms with E-state index in [1.807, 2.05) is 13.2 Å². The minimum absolute atomic E-state index is 0.153. The quantitative estimate of drug-likeness (QED) is 0.784. The van der Waals surface area contributed by atoms with Crippen LogP contribution in [0.4, 0.5) is 5.88 Å². The first-order chi connectivity index (χ1) is 9.58. The van der Waals surface area contributed by atoms with Crippen molar-refractivity contribution in [3.63, 3.8) is 0 Å². The summed E-state index contributed by atoms with van der Waals surface area (Å²) in [4.78, 5) is 4.24. The number of rotatable bonds is 2. The highest BCUT2D eigenvalue weighted by molar-refractivity contribution is 6.39. The summed E-state index contributed by atoms with van der Waals surface area (Å²) >= 11 is 12.4. The molecule has 0 saturated carbocycles. The summed E-state index contributed by atoms with van der Waals surface area (Å²) in [5, 5.41) is 4.92. The van der Waals surface area contributed by atoms with Gasteiger partial charge in [0, 0.05) is 18.8 Å². The number of nitrogen functional groups attached to an aromatic ring is 1. The molecule has 0 aliphatic heterocycles. The van der Waals surface area contributed by atoms with Crippen LogP contribution < -0.4 is 5.73 Å². The Bertz CT molecular complexity index is 758. The summed E-state index contributed by atoms with van der Waals surface area (Å²) in [6.45, 7) is 0. The fraction of sp³-hybridized carbons (Fsp3) is 0.0769. The van der Waals surface area contributed by atoms with Crippen molar-refractivity contribution in [1.82, 2.24) is 14.7 Å². The lowest BCUT2D eigenvalue weighted by Gasteiger charge is -2.06. The molecular formula is C13H10Cl2N4O. The van der Waals surface area contributed by atoms with Crippen LogP contribution in [0.3, 0.4) is 0 Å². The average molecular weight is 309 g/mol. The van der Waals surface area contributed by atoms with Gasteiger partial charge in [-0.05, 0) is 12.1 Å². The van der Waals surface area contributed by atoms with Gasteiger partial charge in [0.1, 0.15) is 11.4 Å². The van der Waals surface area contributed by atoms with Gasteiger partial charge in [-0.1, -0.05) is 34.4 Å². The van der Waals surface area contributed by atoms with Crippen molar-refractivity contribution < 1.29 is 4.52 Å². The molecule has 0 saturated heterocycles. The first kappa shape index (κ1) is 13.0. The largest absolute Gasteiger partial charge is 0.367 e. The van der Waals surface area contributed by atoms with Gasteiger partial charge in [-0.25, -0.2) is 4.98 Å². The zero-order chi connectivity index (χ0) is 14.3. The number of nitrogens with two attached hydrogens (primary N) is 1. The molecule has 0 fully saturated rings. The van der Waals surface area contributed by atoms with Crippen molar-refractivity contribution in [3.8, 4) is 22.5 Å². The highest BCUT2D eigenvalue weighted by Crippen LogP contribution is 2.42. The van der Waals surface area contributed by atoms with E-state index < -0.39 is 0 Å². The smallest absolute Gasteiger partial charge is 0.230 e. The van der Waals surface area contributed by atoms with E-state index in [-0.39, 0.29) is 5.88 Å². The van der Waals surface area contributed by atoms with Gasteiger partial charge in [0.05, 0.1) is 21.9 Å². The predicted molar refractivity (Wildman–Crippen MR) is 78.6 cm³/mol. The maximum absolute atomic E-state index is 6.22. The lowest BCUT2D eigenvalue weighted by Crippen LogP contribution is -1.90. The number of imidazole rings is 1. The lowest BCUT2D eigenvalue weighted by atomic mass is 10.0. The number of hydrogen-bond donors (Lipinski definition) is 1. The Labute approximate surface area is 124 Å². The lowest BCUT2D eigenvalue weighted by molar-refractivity contribution is 0.439. The molecule has 7 heteroatoms. The maximum atomic E-state index is 6.22. The summed E-state index contributed by atoms with van der Waals surface area (Å²) in [6, 6.07) is 5.23. The predicted octanol–water partition coefficient (Wildman–Crippen LogP) is 3.63. The molecule has 0 aliphatic carbocycles. The van der Waals surface area contributed by atoms with Crippen LogP contribution in [0.15, 0.2) is 35.2 Å². The van der Waals surface area contributed by atoms with Crippen LogP contribution in [-0.2, 0) is 7.05 Å². The summed E-state index contributed by atoms with van der Waals surface area (Å²) in [7, 11) is 1.86. The van der Waals surface area contributed by atoms with Gasteiger partial charge < -0.3 is 14.8 Å². The fourth-order valence-corrected chi connectivity index (χ4v) is 2.58. The van der Waals surface area contributed by atoms with E-state index in [2.05, 4.69) is 10.1 Å². The fourth-order valence-electron chi connectivity index (χ4n) is 1.99. The van der Waals surface area contributed by atoms with Crippen molar-refractivity contribution in [2.24, 2.45) is 7.05 Å². The van der Waals surface area contributed by atoms with Crippen LogP contribution >= 0.6 is 23.2 Å². The Morgan fingerprint density at radius 1 is 1.20 bits per heavy atom. The molecule has 0 amide bonds. The monoisotopic (exact) mass is 308 g/mol. The van der Waals surface area contributed by atoms with Gasteiger partial charge in [-0.2, -0.15) is 0 Å². The van der Waals surface area contributed by atoms with E-state index in [0.29, 0.717) is 32.6 Å². The molecule has 2 aromatic heterocycles. The molecule has 3 aromatic rings. The average Bonchev–Trinajstić information content (AvgIpc) is 2.97.